The van der Waals surface area contributed by atoms with E-state index in [4.69, 9.17) is 0 Å². The van der Waals surface area contributed by atoms with Crippen LogP contribution in [0.25, 0.3) is 0 Å². The van der Waals surface area contributed by atoms with Gasteiger partial charge < -0.3 is 15.0 Å². The van der Waals surface area contributed by atoms with Crippen LogP contribution in [0.3, 0.4) is 0 Å². The number of amides is 1. The first-order valence-electron chi connectivity index (χ1n) is 8.76. The van der Waals surface area contributed by atoms with Gasteiger partial charge >= 0.3 is 0 Å². The molecule has 1 atom stereocenters. The van der Waals surface area contributed by atoms with Gasteiger partial charge in [0.05, 0.1) is 6.10 Å². The van der Waals surface area contributed by atoms with Crippen LogP contribution >= 0.6 is 0 Å². The summed E-state index contributed by atoms with van der Waals surface area (Å²) in [6.45, 7) is 0. The van der Waals surface area contributed by atoms with Crippen LogP contribution in [0.15, 0.2) is 42.7 Å². The van der Waals surface area contributed by atoms with Crippen LogP contribution in [0.5, 0.6) is 0 Å². The molecule has 5 nitrogen and oxygen atoms in total. The van der Waals surface area contributed by atoms with Gasteiger partial charge in [0.15, 0.2) is 0 Å². The summed E-state index contributed by atoms with van der Waals surface area (Å²) in [5, 5.41) is 12.8. The van der Waals surface area contributed by atoms with Crippen molar-refractivity contribution in [2.45, 2.75) is 50.3 Å². The first-order chi connectivity index (χ1) is 11.7. The SMILES string of the molecule is O=C(N[C@@H](Cc1ccccn1)C1CC(O)C1)c1cccn1C1CC1. The van der Waals surface area contributed by atoms with Gasteiger partial charge in [0.1, 0.15) is 5.69 Å². The second kappa shape index (κ2) is 6.40. The van der Waals surface area contributed by atoms with Gasteiger partial charge in [-0.2, -0.15) is 0 Å². The molecule has 2 aromatic rings. The molecule has 126 valence electrons. The Morgan fingerprint density at radius 2 is 2.12 bits per heavy atom. The Morgan fingerprint density at radius 3 is 2.79 bits per heavy atom. The lowest BCUT2D eigenvalue weighted by Crippen LogP contribution is -2.48. The third-order valence-corrected chi connectivity index (χ3v) is 5.14. The highest BCUT2D eigenvalue weighted by molar-refractivity contribution is 5.93. The zero-order valence-corrected chi connectivity index (χ0v) is 13.6. The molecule has 2 aliphatic rings. The van der Waals surface area contributed by atoms with E-state index >= 15 is 0 Å². The number of carbonyl (C=O) groups excluding carboxylic acids is 1. The summed E-state index contributed by atoms with van der Waals surface area (Å²) in [4.78, 5) is 17.2. The van der Waals surface area contributed by atoms with Crippen molar-refractivity contribution in [1.82, 2.24) is 14.9 Å². The molecule has 0 saturated heterocycles. The monoisotopic (exact) mass is 325 g/mol. The van der Waals surface area contributed by atoms with Gasteiger partial charge in [-0.15, -0.1) is 0 Å². The van der Waals surface area contributed by atoms with E-state index in [1.54, 1.807) is 6.20 Å². The molecular weight excluding hydrogens is 302 g/mol. The fourth-order valence-corrected chi connectivity index (χ4v) is 3.54. The maximum atomic E-state index is 12.8. The lowest BCUT2D eigenvalue weighted by molar-refractivity contribution is 0.0237. The topological polar surface area (TPSA) is 67.2 Å². The Morgan fingerprint density at radius 1 is 1.29 bits per heavy atom. The Hall–Kier alpha value is -2.14. The van der Waals surface area contributed by atoms with E-state index in [1.807, 2.05) is 36.5 Å². The van der Waals surface area contributed by atoms with E-state index in [2.05, 4.69) is 14.9 Å². The van der Waals surface area contributed by atoms with Crippen molar-refractivity contribution in [3.8, 4) is 0 Å². The number of nitrogens with zero attached hydrogens (tertiary/aromatic N) is 2. The maximum Gasteiger partial charge on any atom is 0.268 e. The van der Waals surface area contributed by atoms with Crippen LogP contribution in [0.4, 0.5) is 0 Å². The molecular formula is C19H23N3O2. The zero-order chi connectivity index (χ0) is 16.5. The molecule has 2 heterocycles. The van der Waals surface area contributed by atoms with Gasteiger partial charge in [-0.05, 0) is 55.9 Å². The molecule has 1 amide bonds. The summed E-state index contributed by atoms with van der Waals surface area (Å²) in [7, 11) is 0. The van der Waals surface area contributed by atoms with Crippen molar-refractivity contribution in [1.29, 1.82) is 0 Å². The molecule has 0 aliphatic heterocycles. The molecule has 0 radical (unpaired) electrons. The highest BCUT2D eigenvalue weighted by Gasteiger charge is 2.36. The summed E-state index contributed by atoms with van der Waals surface area (Å²) in [5.41, 5.74) is 1.71. The predicted octanol–water partition coefficient (Wildman–Crippen LogP) is 2.33. The largest absolute Gasteiger partial charge is 0.393 e. The van der Waals surface area contributed by atoms with Crippen LogP contribution in [0.2, 0.25) is 0 Å². The summed E-state index contributed by atoms with van der Waals surface area (Å²) < 4.78 is 2.09. The third-order valence-electron chi connectivity index (χ3n) is 5.14. The Labute approximate surface area is 141 Å². The van der Waals surface area contributed by atoms with E-state index in [0.717, 1.165) is 37.1 Å². The van der Waals surface area contributed by atoms with Gasteiger partial charge in [-0.3, -0.25) is 9.78 Å². The average Bonchev–Trinajstić information content (AvgIpc) is 3.29. The summed E-state index contributed by atoms with van der Waals surface area (Å²) in [6, 6.07) is 10.2. The normalized spacial score (nSPS) is 24.2. The van der Waals surface area contributed by atoms with Crippen molar-refractivity contribution in [3.63, 3.8) is 0 Å². The highest BCUT2D eigenvalue weighted by Crippen LogP contribution is 2.36. The van der Waals surface area contributed by atoms with Gasteiger partial charge in [-0.1, -0.05) is 6.07 Å². The molecule has 5 heteroatoms. The first-order valence-corrected chi connectivity index (χ1v) is 8.76. The summed E-state index contributed by atoms with van der Waals surface area (Å²) >= 11 is 0. The fraction of sp³-hybridized carbons (Fsp3) is 0.474. The van der Waals surface area contributed by atoms with Crippen LogP contribution < -0.4 is 5.32 Å². The number of aliphatic hydroxyl groups is 1. The standard InChI is InChI=1S/C19H23N3O2/c23-16-10-13(11-16)17(12-14-4-1-2-8-20-14)21-19(24)18-5-3-9-22(18)15-6-7-15/h1-5,8-9,13,15-17,23H,6-7,10-12H2,(H,21,24)/t13?,16?,17-/m0/s1. The third kappa shape index (κ3) is 3.22. The zero-order valence-electron chi connectivity index (χ0n) is 13.6. The van der Waals surface area contributed by atoms with Crippen molar-refractivity contribution in [3.05, 3.63) is 54.1 Å². The molecule has 0 unspecified atom stereocenters. The molecule has 0 aromatic carbocycles. The molecule has 4 rings (SSSR count). The van der Waals surface area contributed by atoms with E-state index in [9.17, 15) is 9.90 Å². The molecule has 2 N–H and O–H groups in total. The number of hydrogen-bond acceptors (Lipinski definition) is 3. The van der Waals surface area contributed by atoms with Crippen molar-refractivity contribution in [2.24, 2.45) is 5.92 Å². The number of pyridine rings is 1. The van der Waals surface area contributed by atoms with Crippen molar-refractivity contribution in [2.75, 3.05) is 0 Å². The van der Waals surface area contributed by atoms with E-state index < -0.39 is 0 Å². The molecule has 2 fully saturated rings. The number of rotatable bonds is 6. The number of nitrogens with one attached hydrogen (secondary N) is 1. The number of aromatic nitrogens is 2. The minimum Gasteiger partial charge on any atom is -0.393 e. The predicted molar refractivity (Wildman–Crippen MR) is 90.6 cm³/mol. The lowest BCUT2D eigenvalue weighted by Gasteiger charge is -2.38. The quantitative estimate of drug-likeness (QED) is 0.856. The van der Waals surface area contributed by atoms with Crippen LogP contribution in [0.1, 0.15) is 47.9 Å². The van der Waals surface area contributed by atoms with E-state index in [0.29, 0.717) is 18.4 Å². The number of carbonyl (C=O) groups is 1. The Bertz CT molecular complexity index is 702. The van der Waals surface area contributed by atoms with E-state index in [1.165, 1.54) is 0 Å². The lowest BCUT2D eigenvalue weighted by atomic mass is 9.76. The average molecular weight is 325 g/mol. The minimum atomic E-state index is -0.228. The first kappa shape index (κ1) is 15.4. The Balaban J connectivity index is 1.48. The number of hydrogen-bond donors (Lipinski definition) is 2. The second-order valence-electron chi connectivity index (χ2n) is 7.02. The van der Waals surface area contributed by atoms with E-state index in [-0.39, 0.29) is 18.1 Å². The molecule has 24 heavy (non-hydrogen) atoms. The fourth-order valence-electron chi connectivity index (χ4n) is 3.54. The van der Waals surface area contributed by atoms with Crippen molar-refractivity contribution >= 4 is 5.91 Å². The van der Waals surface area contributed by atoms with Crippen LogP contribution in [0, 0.1) is 5.92 Å². The summed E-state index contributed by atoms with van der Waals surface area (Å²) in [6.07, 6.45) is 8.06. The van der Waals surface area contributed by atoms with Gasteiger partial charge in [0.25, 0.3) is 5.91 Å². The Kier molecular flexibility index (Phi) is 4.10. The van der Waals surface area contributed by atoms with Crippen molar-refractivity contribution < 1.29 is 9.90 Å². The smallest absolute Gasteiger partial charge is 0.268 e. The number of aliphatic hydroxyl groups excluding tert-OH is 1. The molecule has 2 aromatic heterocycles. The maximum absolute atomic E-state index is 12.8. The molecule has 0 bridgehead atoms. The van der Waals surface area contributed by atoms with Crippen LogP contribution in [-0.4, -0.2) is 32.7 Å². The van der Waals surface area contributed by atoms with Crippen LogP contribution in [-0.2, 0) is 6.42 Å². The molecule has 2 saturated carbocycles. The summed E-state index contributed by atoms with van der Waals surface area (Å²) in [5.74, 6) is 0.296. The minimum absolute atomic E-state index is 0.0124. The second-order valence-corrected chi connectivity index (χ2v) is 7.02. The molecule has 2 aliphatic carbocycles. The highest BCUT2D eigenvalue weighted by atomic mass is 16.3. The molecule has 0 spiro atoms. The van der Waals surface area contributed by atoms with Gasteiger partial charge in [-0.25, -0.2) is 0 Å². The van der Waals surface area contributed by atoms with Gasteiger partial charge in [0.2, 0.25) is 0 Å². The van der Waals surface area contributed by atoms with Gasteiger partial charge in [0, 0.05) is 36.6 Å².